The van der Waals surface area contributed by atoms with E-state index in [1.807, 2.05) is 4.98 Å². The van der Waals surface area contributed by atoms with Gasteiger partial charge in [-0.25, -0.2) is 0 Å². The predicted octanol–water partition coefficient (Wildman–Crippen LogP) is 1.70. The van der Waals surface area contributed by atoms with Gasteiger partial charge in [-0.1, -0.05) is 0 Å². The van der Waals surface area contributed by atoms with Crippen LogP contribution in [-0.2, 0) is 6.18 Å². The lowest BCUT2D eigenvalue weighted by Gasteiger charge is -2.04. The summed E-state index contributed by atoms with van der Waals surface area (Å²) in [5.74, 6) is -0.566. The first-order valence-electron chi connectivity index (χ1n) is 3.85. The Hall–Kier alpha value is -1.46. The van der Waals surface area contributed by atoms with Crippen LogP contribution in [0.1, 0.15) is 21.7 Å². The number of H-pyrrole nitrogens is 1. The average Bonchev–Trinajstić information content (AvgIpc) is 2.45. The van der Waals surface area contributed by atoms with E-state index in [4.69, 9.17) is 0 Å². The van der Waals surface area contributed by atoms with E-state index < -0.39 is 17.8 Å². The number of aromatic amines is 1. The molecule has 0 aliphatic heterocycles. The van der Waals surface area contributed by atoms with Crippen molar-refractivity contribution in [1.29, 1.82) is 0 Å². The number of aryl methyl sites for hydroxylation is 1. The normalized spacial score (nSPS) is 11.5. The molecule has 0 bridgehead atoms. The number of hydrogen-bond donors (Lipinski definition) is 2. The molecule has 0 radical (unpaired) electrons. The molecule has 0 aliphatic carbocycles. The summed E-state index contributed by atoms with van der Waals surface area (Å²) in [6.45, 7) is 1.30. The summed E-state index contributed by atoms with van der Waals surface area (Å²) in [7, 11) is 1.35. The summed E-state index contributed by atoms with van der Waals surface area (Å²) in [6.07, 6.45) is -4.45. The summed E-state index contributed by atoms with van der Waals surface area (Å²) >= 11 is 0. The quantitative estimate of drug-likeness (QED) is 0.721. The van der Waals surface area contributed by atoms with Crippen molar-refractivity contribution < 1.29 is 18.0 Å². The van der Waals surface area contributed by atoms with Gasteiger partial charge in [0.25, 0.3) is 5.91 Å². The lowest BCUT2D eigenvalue weighted by Crippen LogP contribution is -2.18. The van der Waals surface area contributed by atoms with Gasteiger partial charge in [-0.05, 0) is 18.6 Å². The van der Waals surface area contributed by atoms with Crippen molar-refractivity contribution in [3.8, 4) is 0 Å². The highest BCUT2D eigenvalue weighted by Crippen LogP contribution is 2.31. The van der Waals surface area contributed by atoms with Gasteiger partial charge in [-0.15, -0.1) is 0 Å². The third-order valence-corrected chi connectivity index (χ3v) is 1.77. The smallest absolute Gasteiger partial charge is 0.354 e. The first-order chi connectivity index (χ1) is 6.36. The van der Waals surface area contributed by atoms with Crippen LogP contribution in [0.2, 0.25) is 0 Å². The fourth-order valence-electron chi connectivity index (χ4n) is 1.11. The molecule has 0 saturated heterocycles. The van der Waals surface area contributed by atoms with Crippen LogP contribution in [0.25, 0.3) is 0 Å². The monoisotopic (exact) mass is 206 g/mol. The molecule has 1 aromatic rings. The number of carbonyl (C=O) groups is 1. The van der Waals surface area contributed by atoms with Crippen LogP contribution in [0.5, 0.6) is 0 Å². The lowest BCUT2D eigenvalue weighted by atomic mass is 10.2. The molecule has 78 valence electrons. The van der Waals surface area contributed by atoms with Crippen molar-refractivity contribution in [1.82, 2.24) is 10.3 Å². The van der Waals surface area contributed by atoms with Crippen LogP contribution in [0.3, 0.4) is 0 Å². The standard InChI is InChI=1S/C8H9F3N2O/c1-4-3-5(7(14)12-2)13-6(4)8(9,10)11/h3,13H,1-2H3,(H,12,14). The zero-order valence-corrected chi connectivity index (χ0v) is 7.62. The molecule has 2 N–H and O–H groups in total. The zero-order chi connectivity index (χ0) is 10.9. The van der Waals surface area contributed by atoms with Gasteiger partial charge in [0.1, 0.15) is 11.4 Å². The predicted molar refractivity (Wildman–Crippen MR) is 43.9 cm³/mol. The largest absolute Gasteiger partial charge is 0.431 e. The Bertz CT molecular complexity index is 354. The highest BCUT2D eigenvalue weighted by Gasteiger charge is 2.34. The van der Waals surface area contributed by atoms with E-state index in [-0.39, 0.29) is 11.3 Å². The minimum Gasteiger partial charge on any atom is -0.354 e. The van der Waals surface area contributed by atoms with Gasteiger partial charge in [0.15, 0.2) is 0 Å². The van der Waals surface area contributed by atoms with Gasteiger partial charge in [-0.2, -0.15) is 13.2 Å². The third kappa shape index (κ3) is 1.89. The van der Waals surface area contributed by atoms with Gasteiger partial charge in [0.2, 0.25) is 0 Å². The molecule has 0 fully saturated rings. The van der Waals surface area contributed by atoms with Crippen molar-refractivity contribution in [3.05, 3.63) is 23.0 Å². The van der Waals surface area contributed by atoms with Crippen molar-refractivity contribution in [2.24, 2.45) is 0 Å². The minimum absolute atomic E-state index is 0.0103. The van der Waals surface area contributed by atoms with Gasteiger partial charge in [-0.3, -0.25) is 4.79 Å². The lowest BCUT2D eigenvalue weighted by molar-refractivity contribution is -0.141. The van der Waals surface area contributed by atoms with E-state index in [1.165, 1.54) is 20.0 Å². The van der Waals surface area contributed by atoms with Gasteiger partial charge in [0, 0.05) is 7.05 Å². The number of rotatable bonds is 1. The number of aromatic nitrogens is 1. The third-order valence-electron chi connectivity index (χ3n) is 1.77. The molecule has 3 nitrogen and oxygen atoms in total. The summed E-state index contributed by atoms with van der Waals surface area (Å²) < 4.78 is 36.8. The minimum atomic E-state index is -4.45. The molecule has 1 rings (SSSR count). The fraction of sp³-hybridized carbons (Fsp3) is 0.375. The maximum Gasteiger partial charge on any atom is 0.431 e. The van der Waals surface area contributed by atoms with Crippen LogP contribution in [0.4, 0.5) is 13.2 Å². The van der Waals surface area contributed by atoms with E-state index in [0.29, 0.717) is 0 Å². The first kappa shape index (κ1) is 10.6. The molecular formula is C8H9F3N2O. The Kier molecular flexibility index (Phi) is 2.55. The molecular weight excluding hydrogens is 197 g/mol. The average molecular weight is 206 g/mol. The molecule has 0 saturated carbocycles. The van der Waals surface area contributed by atoms with Crippen LogP contribution in [0.15, 0.2) is 6.07 Å². The van der Waals surface area contributed by atoms with E-state index in [9.17, 15) is 18.0 Å². The molecule has 14 heavy (non-hydrogen) atoms. The summed E-state index contributed by atoms with van der Waals surface area (Å²) in [4.78, 5) is 13.0. The van der Waals surface area contributed by atoms with Crippen molar-refractivity contribution in [2.75, 3.05) is 7.05 Å². The van der Waals surface area contributed by atoms with E-state index in [1.54, 1.807) is 0 Å². The number of alkyl halides is 3. The molecule has 1 amide bonds. The molecule has 0 aliphatic rings. The Morgan fingerprint density at radius 2 is 2.07 bits per heavy atom. The Balaban J connectivity index is 3.12. The SMILES string of the molecule is CNC(=O)c1cc(C)c(C(F)(F)F)[nH]1. The number of nitrogens with one attached hydrogen (secondary N) is 2. The second-order valence-electron chi connectivity index (χ2n) is 2.82. The highest BCUT2D eigenvalue weighted by molar-refractivity contribution is 5.92. The topological polar surface area (TPSA) is 44.9 Å². The van der Waals surface area contributed by atoms with Gasteiger partial charge < -0.3 is 10.3 Å². The summed E-state index contributed by atoms with van der Waals surface area (Å²) in [6, 6.07) is 1.17. The number of carbonyl (C=O) groups excluding carboxylic acids is 1. The second kappa shape index (κ2) is 3.36. The van der Waals surface area contributed by atoms with Crippen molar-refractivity contribution in [2.45, 2.75) is 13.1 Å². The van der Waals surface area contributed by atoms with Crippen LogP contribution < -0.4 is 5.32 Å². The van der Waals surface area contributed by atoms with Crippen LogP contribution in [-0.4, -0.2) is 17.9 Å². The van der Waals surface area contributed by atoms with Crippen molar-refractivity contribution in [3.63, 3.8) is 0 Å². The second-order valence-corrected chi connectivity index (χ2v) is 2.82. The molecule has 0 atom stereocenters. The van der Waals surface area contributed by atoms with Crippen LogP contribution in [0, 0.1) is 6.92 Å². The molecule has 0 aromatic carbocycles. The summed E-state index contributed by atoms with van der Waals surface area (Å²) in [5, 5.41) is 2.24. The fourth-order valence-corrected chi connectivity index (χ4v) is 1.11. The van der Waals surface area contributed by atoms with Gasteiger partial charge >= 0.3 is 6.18 Å². The Morgan fingerprint density at radius 3 is 2.43 bits per heavy atom. The van der Waals surface area contributed by atoms with E-state index in [0.717, 1.165) is 0 Å². The zero-order valence-electron chi connectivity index (χ0n) is 7.62. The molecule has 1 heterocycles. The maximum absolute atomic E-state index is 12.3. The number of halogens is 3. The number of amides is 1. The molecule has 1 aromatic heterocycles. The van der Waals surface area contributed by atoms with E-state index >= 15 is 0 Å². The highest BCUT2D eigenvalue weighted by atomic mass is 19.4. The molecule has 0 spiro atoms. The molecule has 0 unspecified atom stereocenters. The van der Waals surface area contributed by atoms with E-state index in [2.05, 4.69) is 5.32 Å². The van der Waals surface area contributed by atoms with Crippen LogP contribution >= 0.6 is 0 Å². The molecule has 6 heteroatoms. The Morgan fingerprint density at radius 1 is 1.50 bits per heavy atom. The summed E-state index contributed by atoms with van der Waals surface area (Å²) in [5.41, 5.74) is -0.954. The number of hydrogen-bond acceptors (Lipinski definition) is 1. The first-order valence-corrected chi connectivity index (χ1v) is 3.85. The Labute approximate surface area is 78.3 Å². The maximum atomic E-state index is 12.3. The van der Waals surface area contributed by atoms with Gasteiger partial charge in [0.05, 0.1) is 0 Å². The van der Waals surface area contributed by atoms with Crippen molar-refractivity contribution >= 4 is 5.91 Å².